The van der Waals surface area contributed by atoms with Crippen LogP contribution in [-0.2, 0) is 51.5 Å². The molecule has 4 rings (SSSR count). The summed E-state index contributed by atoms with van der Waals surface area (Å²) in [7, 11) is 0. The molecule has 1 unspecified atom stereocenters. The normalized spacial score (nSPS) is 21.5. The first-order chi connectivity index (χ1) is 21.6. The summed E-state index contributed by atoms with van der Waals surface area (Å²) in [5, 5.41) is 13.2. The molecule has 0 radical (unpaired) electrons. The second-order valence-corrected chi connectivity index (χ2v) is 12.6. The molecule has 16 heteroatoms. The molecule has 1 atom stereocenters. The van der Waals surface area contributed by atoms with Gasteiger partial charge in [0.05, 0.1) is 30.3 Å². The lowest BCUT2D eigenvalue weighted by molar-refractivity contribution is -0.201. The fraction of sp³-hybridized carbons (Fsp3) is 0.621. The molecule has 1 saturated carbocycles. The number of carbonyl (C=O) groups is 7. The molecule has 1 aliphatic carbocycles. The van der Waals surface area contributed by atoms with E-state index in [1.165, 1.54) is 21.7 Å². The Balaban J connectivity index is 1.10. The van der Waals surface area contributed by atoms with Crippen LogP contribution in [0.2, 0.25) is 0 Å². The number of rotatable bonds is 16. The van der Waals surface area contributed by atoms with Gasteiger partial charge in [-0.25, -0.2) is 9.48 Å². The van der Waals surface area contributed by atoms with Gasteiger partial charge in [-0.2, -0.15) is 0 Å². The van der Waals surface area contributed by atoms with Crippen molar-refractivity contribution in [3.63, 3.8) is 0 Å². The molecule has 0 bridgehead atoms. The van der Waals surface area contributed by atoms with Crippen LogP contribution in [0.25, 0.3) is 0 Å². The van der Waals surface area contributed by atoms with Crippen molar-refractivity contribution >= 4 is 53.2 Å². The van der Waals surface area contributed by atoms with Crippen LogP contribution in [0, 0.1) is 11.8 Å². The lowest BCUT2D eigenvalue weighted by Gasteiger charge is -2.29. The van der Waals surface area contributed by atoms with Crippen molar-refractivity contribution in [2.45, 2.75) is 83.1 Å². The highest BCUT2D eigenvalue weighted by atomic mass is 32.2. The van der Waals surface area contributed by atoms with E-state index in [0.29, 0.717) is 49.5 Å². The van der Waals surface area contributed by atoms with Gasteiger partial charge in [-0.1, -0.05) is 25.0 Å². The average Bonchev–Trinajstić information content (AvgIpc) is 3.68. The van der Waals surface area contributed by atoms with Crippen LogP contribution in [-0.4, -0.2) is 90.5 Å². The second-order valence-electron chi connectivity index (χ2n) is 11.3. The molecule has 1 aromatic heterocycles. The Morgan fingerprint density at radius 1 is 1.00 bits per heavy atom. The first-order valence-corrected chi connectivity index (χ1v) is 16.4. The SMILES string of the molecule is CCCCCNC(=O)Cn1cc(CNC(=O)CCSC2CC(=O)N(OC(=O)C3CCC(CN4C(=O)C=CC4=O)CC3)C2=O)nn1. The van der Waals surface area contributed by atoms with E-state index in [0.717, 1.165) is 31.0 Å². The molecular weight excluding hydrogens is 606 g/mol. The molecule has 244 valence electrons. The van der Waals surface area contributed by atoms with E-state index in [2.05, 4.69) is 27.9 Å². The van der Waals surface area contributed by atoms with Crippen molar-refractivity contribution in [2.75, 3.05) is 18.8 Å². The van der Waals surface area contributed by atoms with Crippen molar-refractivity contribution in [3.8, 4) is 0 Å². The van der Waals surface area contributed by atoms with Crippen LogP contribution in [0.1, 0.15) is 70.4 Å². The highest BCUT2D eigenvalue weighted by Crippen LogP contribution is 2.32. The summed E-state index contributed by atoms with van der Waals surface area (Å²) in [5.74, 6) is -3.16. The topological polar surface area (TPSA) is 190 Å². The van der Waals surface area contributed by atoms with Crippen LogP contribution in [0.3, 0.4) is 0 Å². The third-order valence-electron chi connectivity index (χ3n) is 7.87. The second kappa shape index (κ2) is 16.3. The summed E-state index contributed by atoms with van der Waals surface area (Å²) >= 11 is 1.14. The van der Waals surface area contributed by atoms with Crippen molar-refractivity contribution < 1.29 is 38.4 Å². The standard InChI is InChI=1S/C29H39N7O8S/c1-2-3-4-12-30-24(38)18-34-17-21(32-33-34)15-31-23(37)11-13-45-22-14-27(41)36(28(22)42)44-29(43)20-7-5-19(6-8-20)16-35-25(39)9-10-26(35)40/h9-10,17,19-20,22H,2-8,11-16,18H2,1H3,(H,30,38)(H,31,37). The zero-order valence-corrected chi connectivity index (χ0v) is 26.1. The van der Waals surface area contributed by atoms with E-state index in [9.17, 15) is 33.6 Å². The minimum absolute atomic E-state index is 0.0363. The molecule has 2 aliphatic heterocycles. The van der Waals surface area contributed by atoms with Crippen LogP contribution in [0.5, 0.6) is 0 Å². The molecule has 0 spiro atoms. The van der Waals surface area contributed by atoms with Crippen molar-refractivity contribution in [1.29, 1.82) is 0 Å². The monoisotopic (exact) mass is 645 g/mol. The number of nitrogens with zero attached hydrogens (tertiary/aromatic N) is 5. The molecule has 3 heterocycles. The average molecular weight is 646 g/mol. The van der Waals surface area contributed by atoms with Gasteiger partial charge in [0.2, 0.25) is 11.8 Å². The summed E-state index contributed by atoms with van der Waals surface area (Å²) in [6.07, 6.45) is 9.19. The molecule has 0 aromatic carbocycles. The van der Waals surface area contributed by atoms with Crippen molar-refractivity contribution in [3.05, 3.63) is 24.0 Å². The number of hydrogen-bond acceptors (Lipinski definition) is 11. The Morgan fingerprint density at radius 3 is 2.44 bits per heavy atom. The Hall–Kier alpha value is -4.08. The zero-order valence-electron chi connectivity index (χ0n) is 25.3. The lowest BCUT2D eigenvalue weighted by Crippen LogP contribution is -2.39. The third kappa shape index (κ3) is 9.70. The maximum atomic E-state index is 12.8. The van der Waals surface area contributed by atoms with Gasteiger partial charge >= 0.3 is 5.97 Å². The summed E-state index contributed by atoms with van der Waals surface area (Å²) in [6, 6.07) is 0. The number of imide groups is 2. The fourth-order valence-corrected chi connectivity index (χ4v) is 6.38. The van der Waals surface area contributed by atoms with Gasteiger partial charge < -0.3 is 15.5 Å². The van der Waals surface area contributed by atoms with Gasteiger partial charge in [-0.05, 0) is 38.0 Å². The number of aromatic nitrogens is 3. The molecule has 15 nitrogen and oxygen atoms in total. The Labute approximate surface area is 264 Å². The summed E-state index contributed by atoms with van der Waals surface area (Å²) in [4.78, 5) is 92.2. The van der Waals surface area contributed by atoms with Gasteiger partial charge in [-0.3, -0.25) is 33.7 Å². The van der Waals surface area contributed by atoms with Crippen molar-refractivity contribution in [2.24, 2.45) is 11.8 Å². The number of thioether (sulfide) groups is 1. The van der Waals surface area contributed by atoms with E-state index in [1.54, 1.807) is 6.20 Å². The number of amides is 6. The first-order valence-electron chi connectivity index (χ1n) is 15.3. The highest BCUT2D eigenvalue weighted by molar-refractivity contribution is 8.00. The Kier molecular flexibility index (Phi) is 12.2. The first kappa shape index (κ1) is 33.8. The highest BCUT2D eigenvalue weighted by Gasteiger charge is 2.43. The lowest BCUT2D eigenvalue weighted by atomic mass is 9.82. The fourth-order valence-electron chi connectivity index (χ4n) is 5.30. The number of hydrogen-bond donors (Lipinski definition) is 2. The van der Waals surface area contributed by atoms with Gasteiger partial charge in [0, 0.05) is 37.4 Å². The van der Waals surface area contributed by atoms with Gasteiger partial charge in [0.1, 0.15) is 12.2 Å². The van der Waals surface area contributed by atoms with Gasteiger partial charge in [0.25, 0.3) is 23.6 Å². The summed E-state index contributed by atoms with van der Waals surface area (Å²) in [5.41, 5.74) is 0.492. The number of nitrogens with one attached hydrogen (secondary N) is 2. The van der Waals surface area contributed by atoms with Crippen LogP contribution >= 0.6 is 11.8 Å². The molecule has 3 aliphatic rings. The largest absolute Gasteiger partial charge is 0.354 e. The molecule has 2 fully saturated rings. The maximum Gasteiger partial charge on any atom is 0.336 e. The summed E-state index contributed by atoms with van der Waals surface area (Å²) in [6.45, 7) is 3.16. The molecular formula is C29H39N7O8S. The van der Waals surface area contributed by atoms with Crippen LogP contribution < -0.4 is 10.6 Å². The van der Waals surface area contributed by atoms with E-state index in [4.69, 9.17) is 4.84 Å². The van der Waals surface area contributed by atoms with E-state index >= 15 is 0 Å². The minimum Gasteiger partial charge on any atom is -0.354 e. The van der Waals surface area contributed by atoms with Gasteiger partial charge in [-0.15, -0.1) is 21.9 Å². The molecule has 1 aromatic rings. The molecule has 2 N–H and O–H groups in total. The molecule has 1 saturated heterocycles. The number of hydroxylamine groups is 2. The van der Waals surface area contributed by atoms with E-state index in [-0.39, 0.29) is 61.2 Å². The summed E-state index contributed by atoms with van der Waals surface area (Å²) < 4.78 is 1.40. The van der Waals surface area contributed by atoms with Crippen LogP contribution in [0.15, 0.2) is 18.3 Å². The Morgan fingerprint density at radius 2 is 1.73 bits per heavy atom. The van der Waals surface area contributed by atoms with E-state index < -0.39 is 29.0 Å². The Bertz CT molecular complexity index is 1310. The van der Waals surface area contributed by atoms with E-state index in [1.807, 2.05) is 0 Å². The molecule has 45 heavy (non-hydrogen) atoms. The number of carbonyl (C=O) groups excluding carboxylic acids is 7. The maximum absolute atomic E-state index is 12.8. The van der Waals surface area contributed by atoms with Gasteiger partial charge in [0.15, 0.2) is 0 Å². The minimum atomic E-state index is -0.758. The smallest absolute Gasteiger partial charge is 0.336 e. The molecule has 6 amide bonds. The zero-order chi connectivity index (χ0) is 32.3. The van der Waals surface area contributed by atoms with Crippen LogP contribution in [0.4, 0.5) is 0 Å². The van der Waals surface area contributed by atoms with Crippen molar-refractivity contribution in [1.82, 2.24) is 35.6 Å². The third-order valence-corrected chi connectivity index (χ3v) is 9.08. The quantitative estimate of drug-likeness (QED) is 0.190. The number of unbranched alkanes of at least 4 members (excludes halogenated alkanes) is 2. The predicted molar refractivity (Wildman–Crippen MR) is 159 cm³/mol. The predicted octanol–water partition coefficient (Wildman–Crippen LogP) is 0.641.